The van der Waals surface area contributed by atoms with Gasteiger partial charge in [0.25, 0.3) is 0 Å². The summed E-state index contributed by atoms with van der Waals surface area (Å²) in [4.78, 5) is 12.1. The van der Waals surface area contributed by atoms with Crippen molar-refractivity contribution in [2.75, 3.05) is 12.0 Å². The second-order valence-electron chi connectivity index (χ2n) is 4.77. The van der Waals surface area contributed by atoms with Gasteiger partial charge in [0.05, 0.1) is 6.04 Å². The number of benzene rings is 1. The van der Waals surface area contributed by atoms with E-state index in [1.165, 1.54) is 11.1 Å². The minimum Gasteiger partial charge on any atom is -0.351 e. The van der Waals surface area contributed by atoms with Crippen molar-refractivity contribution >= 4 is 17.7 Å². The molecular formula is C14H20N2OS. The molecule has 1 aliphatic rings. The molecule has 1 amide bonds. The van der Waals surface area contributed by atoms with Crippen molar-refractivity contribution in [3.63, 3.8) is 0 Å². The molecular weight excluding hydrogens is 244 g/mol. The van der Waals surface area contributed by atoms with Crippen LogP contribution in [-0.4, -0.2) is 30.0 Å². The van der Waals surface area contributed by atoms with Gasteiger partial charge in [-0.15, -0.1) is 0 Å². The molecule has 1 heterocycles. The highest BCUT2D eigenvalue weighted by molar-refractivity contribution is 7.98. The van der Waals surface area contributed by atoms with Gasteiger partial charge in [-0.25, -0.2) is 0 Å². The first-order valence-electron chi connectivity index (χ1n) is 6.30. The zero-order chi connectivity index (χ0) is 13.0. The first-order chi connectivity index (χ1) is 8.70. The fourth-order valence-corrected chi connectivity index (χ4v) is 2.86. The second kappa shape index (κ2) is 6.25. The first kappa shape index (κ1) is 13.4. The number of rotatable bonds is 4. The van der Waals surface area contributed by atoms with E-state index in [-0.39, 0.29) is 18.0 Å². The van der Waals surface area contributed by atoms with Crippen LogP contribution < -0.4 is 10.6 Å². The predicted molar refractivity (Wildman–Crippen MR) is 76.8 cm³/mol. The summed E-state index contributed by atoms with van der Waals surface area (Å²) in [6.45, 7) is 2.83. The predicted octanol–water partition coefficient (Wildman–Crippen LogP) is 1.57. The molecule has 0 saturated heterocycles. The Morgan fingerprint density at radius 1 is 1.50 bits per heavy atom. The molecule has 0 spiro atoms. The lowest BCUT2D eigenvalue weighted by molar-refractivity contribution is -0.123. The molecule has 0 radical (unpaired) electrons. The molecule has 1 unspecified atom stereocenters. The van der Waals surface area contributed by atoms with Crippen molar-refractivity contribution in [1.82, 2.24) is 10.6 Å². The quantitative estimate of drug-likeness (QED) is 0.867. The lowest BCUT2D eigenvalue weighted by Crippen LogP contribution is -2.50. The normalized spacial score (nSPS) is 20.0. The van der Waals surface area contributed by atoms with E-state index in [4.69, 9.17) is 0 Å². The maximum atomic E-state index is 12.1. The van der Waals surface area contributed by atoms with Gasteiger partial charge in [0.1, 0.15) is 0 Å². The molecule has 0 bridgehead atoms. The van der Waals surface area contributed by atoms with Crippen LogP contribution in [0.3, 0.4) is 0 Å². The fourth-order valence-electron chi connectivity index (χ4n) is 2.27. The fraction of sp³-hybridized carbons (Fsp3) is 0.500. The Labute approximate surface area is 113 Å². The van der Waals surface area contributed by atoms with E-state index in [2.05, 4.69) is 29.0 Å². The number of carbonyl (C=O) groups is 1. The Morgan fingerprint density at radius 3 is 2.94 bits per heavy atom. The van der Waals surface area contributed by atoms with Gasteiger partial charge in [0.2, 0.25) is 5.91 Å². The molecule has 3 nitrogen and oxygen atoms in total. The lowest BCUT2D eigenvalue weighted by atomic mass is 9.95. The summed E-state index contributed by atoms with van der Waals surface area (Å²) in [5.74, 6) is 1.07. The Hall–Kier alpha value is -1.00. The molecule has 98 valence electrons. The van der Waals surface area contributed by atoms with Gasteiger partial charge in [-0.3, -0.25) is 4.79 Å². The summed E-state index contributed by atoms with van der Waals surface area (Å²) in [6, 6.07) is 8.45. The molecule has 4 heteroatoms. The summed E-state index contributed by atoms with van der Waals surface area (Å²) in [6.07, 6.45) is 2.84. The molecule has 0 aromatic heterocycles. The highest BCUT2D eigenvalue weighted by Crippen LogP contribution is 2.16. The molecule has 1 aromatic carbocycles. The minimum atomic E-state index is -0.0933. The van der Waals surface area contributed by atoms with E-state index in [1.807, 2.05) is 19.1 Å². The Kier molecular flexibility index (Phi) is 4.66. The molecule has 0 saturated carbocycles. The van der Waals surface area contributed by atoms with E-state index >= 15 is 0 Å². The van der Waals surface area contributed by atoms with Crippen LogP contribution in [0.25, 0.3) is 0 Å². The van der Waals surface area contributed by atoms with Crippen LogP contribution in [0.5, 0.6) is 0 Å². The minimum absolute atomic E-state index is 0.0933. The van der Waals surface area contributed by atoms with Crippen LogP contribution in [0.1, 0.15) is 18.1 Å². The SMILES string of the molecule is CSCC(C)NC(=O)[C@@H]1Cc2ccccc2CN1. The van der Waals surface area contributed by atoms with Gasteiger partial charge in [0.15, 0.2) is 0 Å². The van der Waals surface area contributed by atoms with Gasteiger partial charge in [-0.05, 0) is 30.7 Å². The Morgan fingerprint density at radius 2 is 2.22 bits per heavy atom. The van der Waals surface area contributed by atoms with Gasteiger partial charge in [-0.2, -0.15) is 11.8 Å². The zero-order valence-corrected chi connectivity index (χ0v) is 11.7. The molecule has 1 aliphatic heterocycles. The van der Waals surface area contributed by atoms with Gasteiger partial charge >= 0.3 is 0 Å². The van der Waals surface area contributed by atoms with Crippen LogP contribution in [0.2, 0.25) is 0 Å². The van der Waals surface area contributed by atoms with E-state index in [0.717, 1.165) is 18.7 Å². The monoisotopic (exact) mass is 264 g/mol. The van der Waals surface area contributed by atoms with E-state index in [0.29, 0.717) is 0 Å². The molecule has 0 aliphatic carbocycles. The highest BCUT2D eigenvalue weighted by atomic mass is 32.2. The van der Waals surface area contributed by atoms with E-state index in [1.54, 1.807) is 11.8 Å². The molecule has 1 aromatic rings. The van der Waals surface area contributed by atoms with Crippen molar-refractivity contribution in [2.24, 2.45) is 0 Å². The van der Waals surface area contributed by atoms with Crippen molar-refractivity contribution in [2.45, 2.75) is 32.0 Å². The average molecular weight is 264 g/mol. The van der Waals surface area contributed by atoms with Crippen LogP contribution in [0.15, 0.2) is 24.3 Å². The van der Waals surface area contributed by atoms with Crippen LogP contribution in [0.4, 0.5) is 0 Å². The highest BCUT2D eigenvalue weighted by Gasteiger charge is 2.24. The van der Waals surface area contributed by atoms with Crippen molar-refractivity contribution in [3.8, 4) is 0 Å². The third kappa shape index (κ3) is 3.27. The molecule has 0 fully saturated rings. The summed E-state index contributed by atoms with van der Waals surface area (Å²) in [5, 5.41) is 6.36. The number of hydrogen-bond donors (Lipinski definition) is 2. The first-order valence-corrected chi connectivity index (χ1v) is 7.69. The Bertz CT molecular complexity index is 422. The smallest absolute Gasteiger partial charge is 0.237 e. The molecule has 2 N–H and O–H groups in total. The zero-order valence-electron chi connectivity index (χ0n) is 10.9. The van der Waals surface area contributed by atoms with Crippen molar-refractivity contribution < 1.29 is 4.79 Å². The third-order valence-corrected chi connectivity index (χ3v) is 4.04. The summed E-state index contributed by atoms with van der Waals surface area (Å²) in [7, 11) is 0. The van der Waals surface area contributed by atoms with Gasteiger partial charge in [-0.1, -0.05) is 24.3 Å². The molecule has 18 heavy (non-hydrogen) atoms. The van der Waals surface area contributed by atoms with Crippen molar-refractivity contribution in [3.05, 3.63) is 35.4 Å². The average Bonchev–Trinajstić information content (AvgIpc) is 2.38. The number of amides is 1. The summed E-state index contributed by atoms with van der Waals surface area (Å²) >= 11 is 1.75. The lowest BCUT2D eigenvalue weighted by Gasteiger charge is -2.26. The molecule has 2 rings (SSSR count). The summed E-state index contributed by atoms with van der Waals surface area (Å²) < 4.78 is 0. The van der Waals surface area contributed by atoms with Crippen LogP contribution in [0, 0.1) is 0 Å². The third-order valence-electron chi connectivity index (χ3n) is 3.20. The maximum Gasteiger partial charge on any atom is 0.237 e. The van der Waals surface area contributed by atoms with E-state index in [9.17, 15) is 4.79 Å². The number of nitrogens with one attached hydrogen (secondary N) is 2. The van der Waals surface area contributed by atoms with Gasteiger partial charge < -0.3 is 10.6 Å². The number of fused-ring (bicyclic) bond motifs is 1. The number of thioether (sulfide) groups is 1. The van der Waals surface area contributed by atoms with E-state index < -0.39 is 0 Å². The summed E-state index contributed by atoms with van der Waals surface area (Å²) in [5.41, 5.74) is 2.59. The topological polar surface area (TPSA) is 41.1 Å². The molecule has 2 atom stereocenters. The van der Waals surface area contributed by atoms with Crippen LogP contribution >= 0.6 is 11.8 Å². The van der Waals surface area contributed by atoms with Crippen LogP contribution in [-0.2, 0) is 17.8 Å². The second-order valence-corrected chi connectivity index (χ2v) is 5.68. The number of carbonyl (C=O) groups excluding carboxylic acids is 1. The maximum absolute atomic E-state index is 12.1. The van der Waals surface area contributed by atoms with Crippen molar-refractivity contribution in [1.29, 1.82) is 0 Å². The van der Waals surface area contributed by atoms with Gasteiger partial charge in [0, 0.05) is 18.3 Å². The Balaban J connectivity index is 1.94. The number of hydrogen-bond acceptors (Lipinski definition) is 3. The standard InChI is InChI=1S/C14H20N2OS/c1-10(9-18-2)16-14(17)13-7-11-5-3-4-6-12(11)8-15-13/h3-6,10,13,15H,7-9H2,1-2H3,(H,16,17)/t10?,13-/m0/s1. The largest absolute Gasteiger partial charge is 0.351 e.